The number of nitrogens with two attached hydrogens (primary N) is 1. The number of fused-ring (bicyclic) bond motifs is 1. The summed E-state index contributed by atoms with van der Waals surface area (Å²) in [5.74, 6) is 6.25. The van der Waals surface area contributed by atoms with Crippen LogP contribution < -0.4 is 11.2 Å². The largest absolute Gasteiger partial charge is 0.355 e. The van der Waals surface area contributed by atoms with Crippen molar-refractivity contribution in [1.29, 1.82) is 0 Å². The van der Waals surface area contributed by atoms with Crippen LogP contribution in [0.1, 0.15) is 5.56 Å². The first-order chi connectivity index (χ1) is 10.7. The van der Waals surface area contributed by atoms with Crippen LogP contribution in [0.25, 0.3) is 5.78 Å². The fourth-order valence-electron chi connectivity index (χ4n) is 1.94. The van der Waals surface area contributed by atoms with E-state index < -0.39 is 0 Å². The van der Waals surface area contributed by atoms with Gasteiger partial charge in [-0.1, -0.05) is 42.1 Å². The van der Waals surface area contributed by atoms with Gasteiger partial charge in [0.25, 0.3) is 5.78 Å². The number of thioether (sulfide) groups is 1. The van der Waals surface area contributed by atoms with Gasteiger partial charge in [0.2, 0.25) is 11.1 Å². The summed E-state index contributed by atoms with van der Waals surface area (Å²) in [7, 11) is 0. The van der Waals surface area contributed by atoms with Gasteiger partial charge in [-0.2, -0.15) is 9.61 Å². The van der Waals surface area contributed by atoms with Gasteiger partial charge in [-0.25, -0.2) is 4.68 Å². The van der Waals surface area contributed by atoms with E-state index in [1.165, 1.54) is 32.8 Å². The average Bonchev–Trinajstić information content (AvgIpc) is 3.10. The number of carbonyl (C=O) groups excluding carboxylic acids is 1. The third kappa shape index (κ3) is 3.19. The van der Waals surface area contributed by atoms with Crippen LogP contribution in [-0.2, 0) is 11.2 Å². The van der Waals surface area contributed by atoms with E-state index in [-0.39, 0.29) is 11.7 Å². The molecule has 0 aliphatic rings. The first kappa shape index (κ1) is 14.4. The smallest absolute Gasteiger partial charge is 0.273 e. The molecule has 3 aromatic rings. The Hall–Kier alpha value is -2.55. The molecule has 8 nitrogen and oxygen atoms in total. The number of nitrogens with one attached hydrogen (secondary N) is 1. The minimum atomic E-state index is -0.0511. The molecule has 2 aromatic heterocycles. The van der Waals surface area contributed by atoms with Crippen LogP contribution in [0.4, 0.5) is 0 Å². The maximum atomic E-state index is 11.8. The molecule has 0 saturated carbocycles. The molecule has 1 aromatic carbocycles. The summed E-state index contributed by atoms with van der Waals surface area (Å²) in [6.45, 7) is 0.607. The molecule has 114 valence electrons. The summed E-state index contributed by atoms with van der Waals surface area (Å²) in [6.07, 6.45) is 2.25. The van der Waals surface area contributed by atoms with Gasteiger partial charge in [-0.3, -0.25) is 4.79 Å². The van der Waals surface area contributed by atoms with Crippen molar-refractivity contribution >= 4 is 23.4 Å². The second kappa shape index (κ2) is 6.48. The van der Waals surface area contributed by atoms with E-state index in [2.05, 4.69) is 20.6 Å². The second-order valence-corrected chi connectivity index (χ2v) is 5.55. The predicted molar refractivity (Wildman–Crippen MR) is 82.8 cm³/mol. The van der Waals surface area contributed by atoms with Crippen molar-refractivity contribution in [2.75, 3.05) is 18.1 Å². The highest BCUT2D eigenvalue weighted by Crippen LogP contribution is 2.14. The Morgan fingerprint density at radius 1 is 1.27 bits per heavy atom. The minimum absolute atomic E-state index is 0.0511. The molecule has 0 spiro atoms. The summed E-state index contributed by atoms with van der Waals surface area (Å²) < 4.78 is 2.78. The normalized spacial score (nSPS) is 10.9. The molecule has 0 fully saturated rings. The first-order valence-electron chi connectivity index (χ1n) is 6.71. The van der Waals surface area contributed by atoms with Crippen molar-refractivity contribution in [2.45, 2.75) is 11.6 Å². The predicted octanol–water partition coefficient (Wildman–Crippen LogP) is 0.0906. The number of hydrogen-bond donors (Lipinski definition) is 2. The summed E-state index contributed by atoms with van der Waals surface area (Å²) in [5, 5.41) is 15.3. The zero-order chi connectivity index (χ0) is 15.4. The van der Waals surface area contributed by atoms with Crippen molar-refractivity contribution in [3.05, 3.63) is 42.2 Å². The molecule has 22 heavy (non-hydrogen) atoms. The van der Waals surface area contributed by atoms with E-state index in [4.69, 9.17) is 5.84 Å². The third-order valence-electron chi connectivity index (χ3n) is 3.03. The second-order valence-electron chi connectivity index (χ2n) is 4.61. The Bertz CT molecular complexity index is 767. The van der Waals surface area contributed by atoms with Crippen LogP contribution in [0, 0.1) is 0 Å². The van der Waals surface area contributed by atoms with Crippen molar-refractivity contribution in [3.8, 4) is 0 Å². The monoisotopic (exact) mass is 317 g/mol. The molecule has 3 N–H and O–H groups in total. The van der Waals surface area contributed by atoms with Gasteiger partial charge in [-0.15, -0.1) is 10.2 Å². The van der Waals surface area contributed by atoms with Gasteiger partial charge >= 0.3 is 0 Å². The SMILES string of the molecule is Nn1cnn2c(SCC(=O)NCCc3ccccc3)nnc12. The zero-order valence-electron chi connectivity index (χ0n) is 11.7. The number of amides is 1. The molecule has 0 saturated heterocycles. The minimum Gasteiger partial charge on any atom is -0.355 e. The topological polar surface area (TPSA) is 103 Å². The molecule has 0 unspecified atom stereocenters. The lowest BCUT2D eigenvalue weighted by molar-refractivity contribution is -0.118. The number of nitrogen functional groups attached to an aromatic ring is 1. The van der Waals surface area contributed by atoms with Crippen molar-refractivity contribution in [2.24, 2.45) is 0 Å². The third-order valence-corrected chi connectivity index (χ3v) is 3.95. The number of benzene rings is 1. The summed E-state index contributed by atoms with van der Waals surface area (Å²) in [5.41, 5.74) is 1.20. The van der Waals surface area contributed by atoms with Gasteiger partial charge in [0.1, 0.15) is 6.33 Å². The molecule has 0 bridgehead atoms. The molecular formula is C13H15N7OS. The van der Waals surface area contributed by atoms with Crippen LogP contribution in [0.3, 0.4) is 0 Å². The lowest BCUT2D eigenvalue weighted by Gasteiger charge is -2.04. The number of nitrogens with zero attached hydrogens (tertiary/aromatic N) is 5. The van der Waals surface area contributed by atoms with Gasteiger partial charge < -0.3 is 11.2 Å². The molecule has 0 radical (unpaired) electrons. The fraction of sp³-hybridized carbons (Fsp3) is 0.231. The highest BCUT2D eigenvalue weighted by Gasteiger charge is 2.12. The Kier molecular flexibility index (Phi) is 4.24. The number of rotatable bonds is 6. The van der Waals surface area contributed by atoms with E-state index in [9.17, 15) is 4.79 Å². The Morgan fingerprint density at radius 2 is 2.09 bits per heavy atom. The highest BCUT2D eigenvalue weighted by atomic mass is 32.2. The fourth-order valence-corrected chi connectivity index (χ4v) is 2.65. The maximum Gasteiger partial charge on any atom is 0.273 e. The van der Waals surface area contributed by atoms with Crippen LogP contribution in [0.15, 0.2) is 41.8 Å². The summed E-state index contributed by atoms with van der Waals surface area (Å²) >= 11 is 1.27. The van der Waals surface area contributed by atoms with Gasteiger partial charge in [-0.05, 0) is 12.0 Å². The Balaban J connectivity index is 1.46. The first-order valence-corrected chi connectivity index (χ1v) is 7.70. The van der Waals surface area contributed by atoms with Crippen molar-refractivity contribution in [1.82, 2.24) is 29.8 Å². The molecule has 0 aliphatic heterocycles. The molecule has 0 atom stereocenters. The van der Waals surface area contributed by atoms with Crippen LogP contribution in [0.2, 0.25) is 0 Å². The lowest BCUT2D eigenvalue weighted by Crippen LogP contribution is -2.27. The molecule has 0 aliphatic carbocycles. The van der Waals surface area contributed by atoms with Gasteiger partial charge in [0, 0.05) is 6.54 Å². The molecule has 9 heteroatoms. The highest BCUT2D eigenvalue weighted by molar-refractivity contribution is 7.99. The zero-order valence-corrected chi connectivity index (χ0v) is 12.5. The Morgan fingerprint density at radius 3 is 2.91 bits per heavy atom. The summed E-state index contributed by atoms with van der Waals surface area (Å²) in [6, 6.07) is 10.0. The molecular weight excluding hydrogens is 302 g/mol. The van der Waals surface area contributed by atoms with Crippen LogP contribution in [0.5, 0.6) is 0 Å². The number of carbonyl (C=O) groups is 1. The van der Waals surface area contributed by atoms with Gasteiger partial charge in [0.15, 0.2) is 0 Å². The van der Waals surface area contributed by atoms with E-state index in [0.29, 0.717) is 17.5 Å². The quantitative estimate of drug-likeness (QED) is 0.493. The van der Waals surface area contributed by atoms with E-state index in [1.807, 2.05) is 30.3 Å². The van der Waals surface area contributed by atoms with Crippen LogP contribution >= 0.6 is 11.8 Å². The number of hydrogen-bond acceptors (Lipinski definition) is 6. The van der Waals surface area contributed by atoms with Crippen molar-refractivity contribution in [3.63, 3.8) is 0 Å². The molecule has 2 heterocycles. The van der Waals surface area contributed by atoms with Gasteiger partial charge in [0.05, 0.1) is 5.75 Å². The maximum absolute atomic E-state index is 11.8. The Labute approximate surface area is 130 Å². The number of aromatic nitrogens is 5. The molecule has 3 rings (SSSR count). The van der Waals surface area contributed by atoms with E-state index in [0.717, 1.165) is 6.42 Å². The molecule has 1 amide bonds. The van der Waals surface area contributed by atoms with Crippen LogP contribution in [-0.4, -0.2) is 42.7 Å². The standard InChI is InChI=1S/C13H15N7OS/c14-19-9-16-20-12(19)17-18-13(20)22-8-11(21)15-7-6-10-4-2-1-3-5-10/h1-5,9H,6-8,14H2,(H,15,21). The average molecular weight is 317 g/mol. The van der Waals surface area contributed by atoms with E-state index in [1.54, 1.807) is 0 Å². The summed E-state index contributed by atoms with van der Waals surface area (Å²) in [4.78, 5) is 11.8. The lowest BCUT2D eigenvalue weighted by atomic mass is 10.1. The van der Waals surface area contributed by atoms with Crippen molar-refractivity contribution < 1.29 is 4.79 Å². The van der Waals surface area contributed by atoms with E-state index >= 15 is 0 Å².